The number of nitrogens with one attached hydrogen (secondary N) is 3. The molecule has 3 amide bonds. The van der Waals surface area contributed by atoms with Crippen LogP contribution < -0.4 is 25.4 Å². The van der Waals surface area contributed by atoms with Gasteiger partial charge in [-0.15, -0.1) is 0 Å². The lowest BCUT2D eigenvalue weighted by atomic mass is 9.95. The van der Waals surface area contributed by atoms with E-state index in [1.165, 1.54) is 0 Å². The van der Waals surface area contributed by atoms with E-state index < -0.39 is 61.8 Å². The SMILES string of the molecule is CC(C)[C@H](NC(=O)[C@H](Cc1cc(-c2ccc(OCc3ccccc3)c(C[C@H](NC(=O)OCc3ccccc3)C(=O)OCC[Si](C)(C)C)c2)ccc1OCc1ccccc1)NC(=O)OC(C)(C)C)C(=O)OCc1ccccc1. The van der Waals surface area contributed by atoms with Crippen LogP contribution in [-0.4, -0.2) is 68.4 Å². The van der Waals surface area contributed by atoms with Crippen molar-refractivity contribution < 1.29 is 52.4 Å². The molecular formula is C62H73N3O11Si. The lowest BCUT2D eigenvalue weighted by Crippen LogP contribution is -2.54. The number of rotatable bonds is 25. The summed E-state index contributed by atoms with van der Waals surface area (Å²) in [7, 11) is -1.59. The van der Waals surface area contributed by atoms with Gasteiger partial charge in [0.25, 0.3) is 0 Å². The zero-order chi connectivity index (χ0) is 55.4. The number of hydrogen-bond donors (Lipinski definition) is 3. The third-order valence-electron chi connectivity index (χ3n) is 12.1. The van der Waals surface area contributed by atoms with E-state index in [9.17, 15) is 24.0 Å². The number of alkyl carbamates (subject to hydrolysis) is 2. The fourth-order valence-corrected chi connectivity index (χ4v) is 8.63. The molecule has 0 saturated heterocycles. The van der Waals surface area contributed by atoms with E-state index in [1.807, 2.05) is 152 Å². The second-order valence-corrected chi connectivity index (χ2v) is 27.0. The van der Waals surface area contributed by atoms with Crippen molar-refractivity contribution >= 4 is 38.1 Å². The summed E-state index contributed by atoms with van der Waals surface area (Å²) in [5, 5.41) is 8.42. The summed E-state index contributed by atoms with van der Waals surface area (Å²) in [5.41, 5.74) is 5.01. The van der Waals surface area contributed by atoms with Gasteiger partial charge in [0.1, 0.15) is 61.7 Å². The third-order valence-corrected chi connectivity index (χ3v) is 13.8. The third kappa shape index (κ3) is 20.0. The van der Waals surface area contributed by atoms with Crippen molar-refractivity contribution in [2.45, 2.75) is 123 Å². The van der Waals surface area contributed by atoms with Crippen LogP contribution in [-0.2, 0) is 72.6 Å². The van der Waals surface area contributed by atoms with Crippen molar-refractivity contribution in [1.82, 2.24) is 16.0 Å². The van der Waals surface area contributed by atoms with E-state index in [4.69, 9.17) is 28.4 Å². The van der Waals surface area contributed by atoms with Gasteiger partial charge in [0, 0.05) is 20.9 Å². The fraction of sp³-hybridized carbons (Fsp3) is 0.339. The first-order valence-electron chi connectivity index (χ1n) is 26.0. The molecule has 0 spiro atoms. The Hall–Kier alpha value is -7.91. The van der Waals surface area contributed by atoms with Gasteiger partial charge in [-0.1, -0.05) is 167 Å². The largest absolute Gasteiger partial charge is 0.489 e. The number of carbonyl (C=O) groups is 5. The molecule has 6 rings (SSSR count). The summed E-state index contributed by atoms with van der Waals surface area (Å²) < 4.78 is 35.7. The van der Waals surface area contributed by atoms with E-state index in [0.29, 0.717) is 33.8 Å². The van der Waals surface area contributed by atoms with Gasteiger partial charge in [0.2, 0.25) is 5.91 Å². The number of ether oxygens (including phenoxy) is 6. The highest BCUT2D eigenvalue weighted by Crippen LogP contribution is 2.33. The van der Waals surface area contributed by atoms with Crippen LogP contribution in [0.1, 0.15) is 68.0 Å². The van der Waals surface area contributed by atoms with Crippen molar-refractivity contribution in [2.24, 2.45) is 5.92 Å². The maximum Gasteiger partial charge on any atom is 0.408 e. The first kappa shape index (κ1) is 58.3. The lowest BCUT2D eigenvalue weighted by Gasteiger charge is -2.27. The molecule has 3 atom stereocenters. The van der Waals surface area contributed by atoms with Gasteiger partial charge in [-0.2, -0.15) is 0 Å². The van der Waals surface area contributed by atoms with Crippen LogP contribution >= 0.6 is 0 Å². The standard InChI is InChI=1S/C62H73N3O11Si/c1-43(2)56(59(68)74-41-46-25-17-11-18-26-46)65-57(66)52(63-61(70)76-62(3,4)5)37-50-35-48(29-31-54(50)72-39-44-21-13-9-14-22-44)49-30-32-55(73-40-45-23-15-10-16-24-45)51(36-49)38-53(58(67)71-33-34-77(6,7)8)64-60(69)75-42-47-27-19-12-20-28-47/h9-32,35-36,43,52-53,56H,33-34,37-42H2,1-8H3,(H,63,70)(H,64,69)(H,65,66)/t52-,53-,56-/m0/s1. The number of amides is 3. The average Bonchev–Trinajstić information content (AvgIpc) is 3.40. The first-order chi connectivity index (χ1) is 36.8. The molecule has 0 radical (unpaired) electrons. The minimum atomic E-state index is -1.59. The molecule has 0 heterocycles. The summed E-state index contributed by atoms with van der Waals surface area (Å²) in [6.45, 7) is 15.9. The highest BCUT2D eigenvalue weighted by molar-refractivity contribution is 6.76. The van der Waals surface area contributed by atoms with Crippen molar-refractivity contribution in [3.63, 3.8) is 0 Å². The van der Waals surface area contributed by atoms with Gasteiger partial charge in [0.05, 0.1) is 6.61 Å². The average molecular weight is 1060 g/mol. The van der Waals surface area contributed by atoms with Gasteiger partial charge < -0.3 is 44.4 Å². The predicted molar refractivity (Wildman–Crippen MR) is 300 cm³/mol. The first-order valence-corrected chi connectivity index (χ1v) is 29.7. The molecule has 0 bridgehead atoms. The maximum absolute atomic E-state index is 14.6. The second-order valence-electron chi connectivity index (χ2n) is 21.4. The summed E-state index contributed by atoms with van der Waals surface area (Å²) in [6, 6.07) is 46.1. The normalized spacial score (nSPS) is 12.5. The molecule has 6 aromatic rings. The van der Waals surface area contributed by atoms with E-state index in [-0.39, 0.29) is 51.8 Å². The second kappa shape index (κ2) is 28.3. The Morgan fingerprint density at radius 2 is 0.922 bits per heavy atom. The topological polar surface area (TPSA) is 177 Å². The molecule has 406 valence electrons. The van der Waals surface area contributed by atoms with Gasteiger partial charge in [-0.3, -0.25) is 4.79 Å². The molecule has 15 heteroatoms. The quantitative estimate of drug-likeness (QED) is 0.0282. The Balaban J connectivity index is 1.37. The van der Waals surface area contributed by atoms with Gasteiger partial charge >= 0.3 is 24.1 Å². The molecule has 0 aliphatic rings. The molecule has 0 aromatic heterocycles. The molecule has 6 aromatic carbocycles. The van der Waals surface area contributed by atoms with Gasteiger partial charge in [-0.05, 0) is 102 Å². The van der Waals surface area contributed by atoms with Gasteiger partial charge in [-0.25, -0.2) is 19.2 Å². The number of carbonyl (C=O) groups excluding carboxylic acids is 5. The van der Waals surface area contributed by atoms with E-state index >= 15 is 0 Å². The van der Waals surface area contributed by atoms with Crippen molar-refractivity contribution in [1.29, 1.82) is 0 Å². The van der Waals surface area contributed by atoms with Crippen LogP contribution in [0.25, 0.3) is 11.1 Å². The van der Waals surface area contributed by atoms with Crippen molar-refractivity contribution in [3.05, 3.63) is 191 Å². The Morgan fingerprint density at radius 1 is 0.494 bits per heavy atom. The van der Waals surface area contributed by atoms with E-state index in [1.54, 1.807) is 40.7 Å². The molecule has 0 saturated carbocycles. The number of hydrogen-bond acceptors (Lipinski definition) is 11. The summed E-state index contributed by atoms with van der Waals surface area (Å²) in [5.74, 6) is -1.37. The van der Waals surface area contributed by atoms with Crippen LogP contribution in [0, 0.1) is 5.92 Å². The molecule has 14 nitrogen and oxygen atoms in total. The zero-order valence-corrected chi connectivity index (χ0v) is 46.5. The Kier molecular flexibility index (Phi) is 21.4. The molecule has 0 unspecified atom stereocenters. The fourth-order valence-electron chi connectivity index (χ4n) is 7.92. The van der Waals surface area contributed by atoms with Crippen LogP contribution in [0.4, 0.5) is 9.59 Å². The maximum atomic E-state index is 14.6. The van der Waals surface area contributed by atoms with Crippen LogP contribution in [0.3, 0.4) is 0 Å². The molecule has 3 N–H and O–H groups in total. The molecular weight excluding hydrogens is 991 g/mol. The molecule has 0 aliphatic carbocycles. The number of esters is 2. The van der Waals surface area contributed by atoms with E-state index in [2.05, 4.69) is 35.6 Å². The minimum absolute atomic E-state index is 0.00616. The van der Waals surface area contributed by atoms with Crippen molar-refractivity contribution in [2.75, 3.05) is 6.61 Å². The van der Waals surface area contributed by atoms with Crippen LogP contribution in [0.2, 0.25) is 25.7 Å². The summed E-state index contributed by atoms with van der Waals surface area (Å²) in [6.07, 6.45) is -1.75. The van der Waals surface area contributed by atoms with Crippen molar-refractivity contribution in [3.8, 4) is 22.6 Å². The Labute approximate surface area is 454 Å². The molecule has 0 fully saturated rings. The Morgan fingerprint density at radius 3 is 1.36 bits per heavy atom. The predicted octanol–water partition coefficient (Wildman–Crippen LogP) is 11.6. The smallest absolute Gasteiger partial charge is 0.408 e. The van der Waals surface area contributed by atoms with Crippen LogP contribution in [0.15, 0.2) is 158 Å². The summed E-state index contributed by atoms with van der Waals surface area (Å²) in [4.78, 5) is 69.3. The molecule has 0 aliphatic heterocycles. The minimum Gasteiger partial charge on any atom is -0.489 e. The lowest BCUT2D eigenvalue weighted by molar-refractivity contribution is -0.150. The molecule has 77 heavy (non-hydrogen) atoms. The summed E-state index contributed by atoms with van der Waals surface area (Å²) >= 11 is 0. The van der Waals surface area contributed by atoms with Crippen LogP contribution in [0.5, 0.6) is 11.5 Å². The number of benzene rings is 6. The van der Waals surface area contributed by atoms with E-state index in [0.717, 1.165) is 28.3 Å². The van der Waals surface area contributed by atoms with Gasteiger partial charge in [0.15, 0.2) is 0 Å². The Bertz CT molecular complexity index is 2860. The monoisotopic (exact) mass is 1060 g/mol. The highest BCUT2D eigenvalue weighted by Gasteiger charge is 2.33. The highest BCUT2D eigenvalue weighted by atomic mass is 28.3. The zero-order valence-electron chi connectivity index (χ0n) is 45.5.